The molecule has 0 saturated carbocycles. The molecule has 4 rings (SSSR count). The monoisotopic (exact) mass is 430 g/mol. The highest BCUT2D eigenvalue weighted by atomic mass is 16.2. The molecule has 2 aromatic heterocycles. The molecule has 1 saturated heterocycles. The Balaban J connectivity index is 1.44. The summed E-state index contributed by atoms with van der Waals surface area (Å²) >= 11 is 0. The molecule has 0 unspecified atom stereocenters. The van der Waals surface area contributed by atoms with Gasteiger partial charge in [-0.25, -0.2) is 15.0 Å². The normalized spacial score (nSPS) is 15.8. The lowest BCUT2D eigenvalue weighted by atomic mass is 9.94. The van der Waals surface area contributed by atoms with Crippen molar-refractivity contribution >= 4 is 29.3 Å². The highest BCUT2D eigenvalue weighted by molar-refractivity contribution is 5.95. The highest BCUT2D eigenvalue weighted by Crippen LogP contribution is 2.27. The maximum atomic E-state index is 13.0. The highest BCUT2D eigenvalue weighted by Gasteiger charge is 2.26. The third-order valence-electron chi connectivity index (χ3n) is 5.41. The summed E-state index contributed by atoms with van der Waals surface area (Å²) < 4.78 is 0. The molecule has 2 amide bonds. The van der Waals surface area contributed by atoms with Gasteiger partial charge in [0, 0.05) is 49.6 Å². The molecular weight excluding hydrogens is 404 g/mol. The molecule has 1 aromatic carbocycles. The second-order valence-electron chi connectivity index (χ2n) is 8.00. The molecule has 32 heavy (non-hydrogen) atoms. The van der Waals surface area contributed by atoms with E-state index in [0.717, 1.165) is 24.1 Å². The van der Waals surface area contributed by atoms with Gasteiger partial charge in [0.1, 0.15) is 5.82 Å². The molecule has 3 aromatic rings. The first-order valence-corrected chi connectivity index (χ1v) is 10.7. The van der Waals surface area contributed by atoms with Crippen LogP contribution in [0.1, 0.15) is 47.3 Å². The Morgan fingerprint density at radius 1 is 1.06 bits per heavy atom. The number of rotatable bonds is 5. The molecule has 0 bridgehead atoms. The van der Waals surface area contributed by atoms with Gasteiger partial charge in [-0.2, -0.15) is 0 Å². The number of aromatic nitrogens is 3. The number of nitrogens with one attached hydrogen (secondary N) is 2. The molecular formula is C24H26N6O2. The summed E-state index contributed by atoms with van der Waals surface area (Å²) in [6, 6.07) is 12.8. The zero-order valence-electron chi connectivity index (χ0n) is 18.2. The lowest BCUT2D eigenvalue weighted by Gasteiger charge is -2.32. The average molecular weight is 431 g/mol. The second kappa shape index (κ2) is 9.55. The van der Waals surface area contributed by atoms with Crippen molar-refractivity contribution in [1.82, 2.24) is 19.9 Å². The smallest absolute Gasteiger partial charge is 0.253 e. The molecule has 0 radical (unpaired) electrons. The van der Waals surface area contributed by atoms with Gasteiger partial charge in [0.2, 0.25) is 11.9 Å². The molecule has 8 nitrogen and oxygen atoms in total. The van der Waals surface area contributed by atoms with Gasteiger partial charge in [-0.3, -0.25) is 9.59 Å². The summed E-state index contributed by atoms with van der Waals surface area (Å²) in [6.07, 6.45) is 5.40. The minimum atomic E-state index is -0.139. The number of hydrogen-bond donors (Lipinski definition) is 2. The summed E-state index contributed by atoms with van der Waals surface area (Å²) in [4.78, 5) is 39.4. The number of pyridine rings is 1. The van der Waals surface area contributed by atoms with Crippen LogP contribution in [0.2, 0.25) is 0 Å². The quantitative estimate of drug-likeness (QED) is 0.637. The van der Waals surface area contributed by atoms with Crippen molar-refractivity contribution in [2.24, 2.45) is 0 Å². The second-order valence-corrected chi connectivity index (χ2v) is 8.00. The van der Waals surface area contributed by atoms with Crippen LogP contribution in [0.3, 0.4) is 0 Å². The number of anilines is 3. The molecule has 0 spiro atoms. The fraction of sp³-hybridized carbons (Fsp3) is 0.292. The molecule has 1 aliphatic rings. The number of amides is 2. The number of carbonyl (C=O) groups is 2. The maximum Gasteiger partial charge on any atom is 0.253 e. The van der Waals surface area contributed by atoms with Crippen molar-refractivity contribution in [3.8, 4) is 0 Å². The Morgan fingerprint density at radius 2 is 1.88 bits per heavy atom. The van der Waals surface area contributed by atoms with Crippen LogP contribution < -0.4 is 10.6 Å². The Hall–Kier alpha value is -3.81. The average Bonchev–Trinajstić information content (AvgIpc) is 2.80. The van der Waals surface area contributed by atoms with Crippen molar-refractivity contribution < 1.29 is 9.59 Å². The maximum absolute atomic E-state index is 13.0. The molecule has 164 valence electrons. The van der Waals surface area contributed by atoms with E-state index in [1.807, 2.05) is 30.0 Å². The number of benzene rings is 1. The Morgan fingerprint density at radius 3 is 2.59 bits per heavy atom. The van der Waals surface area contributed by atoms with E-state index in [9.17, 15) is 9.59 Å². The van der Waals surface area contributed by atoms with Crippen molar-refractivity contribution in [3.63, 3.8) is 0 Å². The first kappa shape index (κ1) is 21.4. The molecule has 3 heterocycles. The van der Waals surface area contributed by atoms with E-state index in [-0.39, 0.29) is 17.7 Å². The Labute approximate surface area is 187 Å². The van der Waals surface area contributed by atoms with E-state index < -0.39 is 0 Å². The van der Waals surface area contributed by atoms with E-state index in [1.165, 1.54) is 6.92 Å². The van der Waals surface area contributed by atoms with Crippen molar-refractivity contribution in [2.45, 2.75) is 32.6 Å². The van der Waals surface area contributed by atoms with Gasteiger partial charge in [-0.05, 0) is 61.7 Å². The molecule has 1 aliphatic heterocycles. The first-order valence-electron chi connectivity index (χ1n) is 10.7. The van der Waals surface area contributed by atoms with Crippen LogP contribution in [0, 0.1) is 6.92 Å². The van der Waals surface area contributed by atoms with E-state index in [1.54, 1.807) is 36.7 Å². The zero-order chi connectivity index (χ0) is 22.5. The van der Waals surface area contributed by atoms with Gasteiger partial charge >= 0.3 is 0 Å². The topological polar surface area (TPSA) is 100 Å². The van der Waals surface area contributed by atoms with Crippen LogP contribution in [0.5, 0.6) is 0 Å². The van der Waals surface area contributed by atoms with Gasteiger partial charge in [-0.15, -0.1) is 0 Å². The minimum Gasteiger partial charge on any atom is -0.338 e. The number of aryl methyl sites for hydroxylation is 1. The predicted octanol–water partition coefficient (Wildman–Crippen LogP) is 3.90. The number of piperidine rings is 1. The van der Waals surface area contributed by atoms with Gasteiger partial charge in [0.25, 0.3) is 5.91 Å². The fourth-order valence-electron chi connectivity index (χ4n) is 3.80. The number of nitrogens with zero attached hydrogens (tertiary/aromatic N) is 4. The Bertz CT molecular complexity index is 1100. The predicted molar refractivity (Wildman–Crippen MR) is 123 cm³/mol. The van der Waals surface area contributed by atoms with E-state index >= 15 is 0 Å². The van der Waals surface area contributed by atoms with Crippen LogP contribution in [-0.2, 0) is 4.79 Å². The van der Waals surface area contributed by atoms with Crippen LogP contribution in [-0.4, -0.2) is 44.8 Å². The van der Waals surface area contributed by atoms with Gasteiger partial charge in [-0.1, -0.05) is 6.07 Å². The lowest BCUT2D eigenvalue weighted by Crippen LogP contribution is -2.39. The van der Waals surface area contributed by atoms with Crippen molar-refractivity contribution in [2.75, 3.05) is 23.7 Å². The number of hydrogen-bond acceptors (Lipinski definition) is 6. The summed E-state index contributed by atoms with van der Waals surface area (Å²) in [7, 11) is 0. The molecule has 1 fully saturated rings. The number of carbonyl (C=O) groups excluding carboxylic acids is 2. The van der Waals surface area contributed by atoms with Crippen molar-refractivity contribution in [1.29, 1.82) is 0 Å². The van der Waals surface area contributed by atoms with Crippen LogP contribution in [0.25, 0.3) is 0 Å². The first-order chi connectivity index (χ1) is 15.5. The summed E-state index contributed by atoms with van der Waals surface area (Å²) in [5, 5.41) is 5.86. The molecule has 1 atom stereocenters. The van der Waals surface area contributed by atoms with E-state index in [2.05, 4.69) is 25.6 Å². The van der Waals surface area contributed by atoms with Gasteiger partial charge in [0.05, 0.1) is 5.69 Å². The zero-order valence-corrected chi connectivity index (χ0v) is 18.2. The summed E-state index contributed by atoms with van der Waals surface area (Å²) in [5.74, 6) is 1.17. The third-order valence-corrected chi connectivity index (χ3v) is 5.41. The van der Waals surface area contributed by atoms with E-state index in [4.69, 9.17) is 0 Å². The van der Waals surface area contributed by atoms with Crippen molar-refractivity contribution in [3.05, 3.63) is 71.7 Å². The lowest BCUT2D eigenvalue weighted by molar-refractivity contribution is -0.114. The molecule has 8 heteroatoms. The van der Waals surface area contributed by atoms with Crippen LogP contribution >= 0.6 is 0 Å². The molecule has 0 aliphatic carbocycles. The largest absolute Gasteiger partial charge is 0.338 e. The van der Waals surface area contributed by atoms with E-state index in [0.29, 0.717) is 36.1 Å². The SMILES string of the molecule is CC(=O)Nc1ccc(C(=O)N2CCC[C@@H](c3ccnc(Nc4ccc(C)cn4)n3)C2)cc1. The Kier molecular flexibility index (Phi) is 6.39. The van der Waals surface area contributed by atoms with Gasteiger partial charge < -0.3 is 15.5 Å². The summed E-state index contributed by atoms with van der Waals surface area (Å²) in [6.45, 7) is 4.76. The minimum absolute atomic E-state index is 0.0136. The molecule has 2 N–H and O–H groups in total. The third kappa shape index (κ3) is 5.26. The fourth-order valence-corrected chi connectivity index (χ4v) is 3.80. The number of likely N-dealkylation sites (tertiary alicyclic amines) is 1. The standard InChI is InChI=1S/C24H26N6O2/c1-16-5-10-22(26-14-16)29-24-25-12-11-21(28-24)19-4-3-13-30(15-19)23(32)18-6-8-20(9-7-18)27-17(2)31/h5-12,14,19H,3-4,13,15H2,1-2H3,(H,27,31)(H,25,26,28,29)/t19-/m1/s1. The van der Waals surface area contributed by atoms with Crippen LogP contribution in [0.4, 0.5) is 17.5 Å². The summed E-state index contributed by atoms with van der Waals surface area (Å²) in [5.41, 5.74) is 3.28. The van der Waals surface area contributed by atoms with Gasteiger partial charge in [0.15, 0.2) is 0 Å². The van der Waals surface area contributed by atoms with Crippen LogP contribution in [0.15, 0.2) is 54.9 Å².